The number of esters is 1. The van der Waals surface area contributed by atoms with E-state index in [4.69, 9.17) is 19.3 Å². The molecule has 2 heterocycles. The maximum absolute atomic E-state index is 15.2. The Morgan fingerprint density at radius 1 is 0.980 bits per heavy atom. The summed E-state index contributed by atoms with van der Waals surface area (Å²) in [6, 6.07) is 11.8. The number of thiazole rings is 1. The summed E-state index contributed by atoms with van der Waals surface area (Å²) in [7, 11) is -4.78. The van der Waals surface area contributed by atoms with Gasteiger partial charge < -0.3 is 19.3 Å². The van der Waals surface area contributed by atoms with E-state index in [9.17, 15) is 27.3 Å². The number of phosphoric ester groups is 1. The first-order valence-corrected chi connectivity index (χ1v) is 17.8. The number of ether oxygens (including phenoxy) is 2. The van der Waals surface area contributed by atoms with Gasteiger partial charge in [0, 0.05) is 18.0 Å². The molecule has 0 aliphatic carbocycles. The molecule has 0 aliphatic rings. The maximum atomic E-state index is 15.2. The molecule has 0 atom stereocenters. The summed E-state index contributed by atoms with van der Waals surface area (Å²) in [5, 5.41) is -1.19. The van der Waals surface area contributed by atoms with Gasteiger partial charge in [-0.3, -0.25) is 9.51 Å². The summed E-state index contributed by atoms with van der Waals surface area (Å²) in [5.41, 5.74) is -1.04. The van der Waals surface area contributed by atoms with E-state index >= 15 is 4.39 Å². The van der Waals surface area contributed by atoms with E-state index < -0.39 is 50.2 Å². The third kappa shape index (κ3) is 11.2. The van der Waals surface area contributed by atoms with Crippen molar-refractivity contribution in [3.05, 3.63) is 94.4 Å². The van der Waals surface area contributed by atoms with Gasteiger partial charge in [0.2, 0.25) is 17.1 Å². The molecule has 2 N–H and O–H groups in total. The van der Waals surface area contributed by atoms with Crippen LogP contribution in [0, 0.1) is 5.13 Å². The van der Waals surface area contributed by atoms with Crippen LogP contribution >= 0.6 is 19.2 Å². The Hall–Kier alpha value is -4.21. The fraction of sp³-hybridized carbons (Fsp3) is 0.333. The Morgan fingerprint density at radius 3 is 2.44 bits per heavy atom. The van der Waals surface area contributed by atoms with Crippen LogP contribution in [0.2, 0.25) is 0 Å². The summed E-state index contributed by atoms with van der Waals surface area (Å²) < 4.78 is 83.7. The predicted octanol–water partition coefficient (Wildman–Crippen LogP) is 8.96. The minimum absolute atomic E-state index is 0.0359. The molecule has 2 aromatic carbocycles. The number of aryl methyl sites for hydroxylation is 1. The molecule has 0 bridgehead atoms. The van der Waals surface area contributed by atoms with Crippen LogP contribution in [0.25, 0.3) is 11.3 Å². The molecule has 0 aliphatic heterocycles. The molecule has 17 heteroatoms. The number of unbranched alkanes of at least 4 members (excludes halogenated alkanes) is 5. The SMILES string of the molecule is CCCCCCCCc1ccc(N(C(=O)OCOC(=O)c2cccc(COP(=O)(O)O)c2)c2nc(-c3cccnc3)c(F)s2)cc1C(F)(F)F. The van der Waals surface area contributed by atoms with E-state index in [0.717, 1.165) is 38.2 Å². The molecule has 4 aromatic rings. The number of benzene rings is 2. The summed E-state index contributed by atoms with van der Waals surface area (Å²) in [6.07, 6.45) is 2.15. The van der Waals surface area contributed by atoms with Crippen molar-refractivity contribution in [3.8, 4) is 11.3 Å². The first kappa shape index (κ1) is 38.6. The molecule has 0 saturated carbocycles. The second kappa shape index (κ2) is 17.6. The van der Waals surface area contributed by atoms with Gasteiger partial charge >= 0.3 is 26.1 Å². The molecule has 0 fully saturated rings. The Bertz CT molecular complexity index is 1800. The zero-order valence-electron chi connectivity index (χ0n) is 26.8. The number of nitrogens with zero attached hydrogens (tertiary/aromatic N) is 3. The normalized spacial score (nSPS) is 11.7. The first-order valence-electron chi connectivity index (χ1n) is 15.5. The number of aromatic nitrogens is 2. The van der Waals surface area contributed by atoms with Gasteiger partial charge in [-0.25, -0.2) is 24.0 Å². The van der Waals surface area contributed by atoms with Gasteiger partial charge in [0.15, 0.2) is 0 Å². The highest BCUT2D eigenvalue weighted by Crippen LogP contribution is 2.40. The summed E-state index contributed by atoms with van der Waals surface area (Å²) in [5.74, 6) is -1.00. The number of rotatable bonds is 16. The van der Waals surface area contributed by atoms with Gasteiger partial charge in [0.1, 0.15) is 5.69 Å². The van der Waals surface area contributed by atoms with E-state index in [1.165, 1.54) is 60.9 Å². The number of amides is 1. The van der Waals surface area contributed by atoms with Gasteiger partial charge in [0.25, 0.3) is 0 Å². The number of hydrogen-bond donors (Lipinski definition) is 2. The molecular weight excluding hydrogens is 705 g/mol. The quantitative estimate of drug-likeness (QED) is 0.0375. The van der Waals surface area contributed by atoms with Crippen molar-refractivity contribution in [2.24, 2.45) is 0 Å². The van der Waals surface area contributed by atoms with Crippen LogP contribution in [-0.2, 0) is 37.8 Å². The average molecular weight is 740 g/mol. The minimum atomic E-state index is -4.78. The third-order valence-electron chi connectivity index (χ3n) is 7.27. The van der Waals surface area contributed by atoms with Gasteiger partial charge in [-0.2, -0.15) is 17.6 Å². The van der Waals surface area contributed by atoms with Crippen LogP contribution in [-0.4, -0.2) is 38.6 Å². The highest BCUT2D eigenvalue weighted by molar-refractivity contribution is 7.46. The van der Waals surface area contributed by atoms with Crippen molar-refractivity contribution in [3.63, 3.8) is 0 Å². The monoisotopic (exact) mass is 739 g/mol. The molecule has 11 nitrogen and oxygen atoms in total. The number of carbonyl (C=O) groups excluding carboxylic acids is 2. The Labute approximate surface area is 289 Å². The number of carbonyl (C=O) groups is 2. The lowest BCUT2D eigenvalue weighted by molar-refractivity contribution is -0.138. The number of alkyl halides is 3. The second-order valence-electron chi connectivity index (χ2n) is 11.0. The van der Waals surface area contributed by atoms with E-state index in [0.29, 0.717) is 22.7 Å². The third-order valence-corrected chi connectivity index (χ3v) is 8.57. The number of anilines is 2. The van der Waals surface area contributed by atoms with Crippen LogP contribution in [0.4, 0.5) is 33.2 Å². The molecule has 2 aromatic heterocycles. The lowest BCUT2D eigenvalue weighted by atomic mass is 9.99. The summed E-state index contributed by atoms with van der Waals surface area (Å²) in [6.45, 7) is 0.558. The molecule has 50 heavy (non-hydrogen) atoms. The van der Waals surface area contributed by atoms with Gasteiger partial charge in [0.05, 0.1) is 23.4 Å². The number of pyridine rings is 1. The van der Waals surface area contributed by atoms with E-state index in [1.807, 2.05) is 0 Å². The second-order valence-corrected chi connectivity index (χ2v) is 13.1. The Balaban J connectivity index is 1.58. The van der Waals surface area contributed by atoms with E-state index in [1.54, 1.807) is 0 Å². The summed E-state index contributed by atoms with van der Waals surface area (Å²) in [4.78, 5) is 52.7. The molecule has 0 radical (unpaired) electrons. The van der Waals surface area contributed by atoms with Gasteiger partial charge in [-0.05, 0) is 60.4 Å². The van der Waals surface area contributed by atoms with Gasteiger partial charge in [-0.15, -0.1) is 0 Å². The molecule has 0 saturated heterocycles. The van der Waals surface area contributed by atoms with E-state index in [-0.39, 0.29) is 45.2 Å². The van der Waals surface area contributed by atoms with Crippen molar-refractivity contribution >= 4 is 42.0 Å². The largest absolute Gasteiger partial charge is 0.469 e. The Morgan fingerprint density at radius 2 is 1.74 bits per heavy atom. The van der Waals surface area contributed by atoms with Crippen molar-refractivity contribution in [2.45, 2.75) is 64.7 Å². The molecule has 268 valence electrons. The minimum Gasteiger partial charge on any atom is -0.424 e. The molecule has 1 amide bonds. The standard InChI is InChI=1S/C33H34F4N3O8PS/c1-2-3-4-5-6-7-11-23-14-15-26(18-27(23)33(35,36)37)40(31-39-28(29(34)50-31)25-13-9-16-38-19-25)32(42)47-21-46-30(41)24-12-8-10-22(17-24)20-48-49(43,44)45/h8-10,12-19H,2-7,11,20-21H2,1H3,(H2,43,44,45). The van der Waals surface area contributed by atoms with Crippen LogP contribution in [0.1, 0.15) is 72.5 Å². The van der Waals surface area contributed by atoms with Crippen LogP contribution in [0.3, 0.4) is 0 Å². The smallest absolute Gasteiger partial charge is 0.424 e. The molecule has 0 spiro atoms. The molecule has 4 rings (SSSR count). The predicted molar refractivity (Wildman–Crippen MR) is 176 cm³/mol. The average Bonchev–Trinajstić information content (AvgIpc) is 3.46. The molecule has 0 unspecified atom stereocenters. The maximum Gasteiger partial charge on any atom is 0.469 e. The zero-order chi connectivity index (χ0) is 36.3. The number of hydrogen-bond acceptors (Lipinski definition) is 9. The van der Waals surface area contributed by atoms with Crippen LogP contribution < -0.4 is 4.90 Å². The fourth-order valence-corrected chi connectivity index (χ4v) is 6.02. The highest BCUT2D eigenvalue weighted by Gasteiger charge is 2.35. The van der Waals surface area contributed by atoms with Gasteiger partial charge in [-0.1, -0.05) is 68.6 Å². The van der Waals surface area contributed by atoms with Crippen LogP contribution in [0.5, 0.6) is 0 Å². The van der Waals surface area contributed by atoms with E-state index in [2.05, 4.69) is 21.4 Å². The van der Waals surface area contributed by atoms with Crippen molar-refractivity contribution in [2.75, 3.05) is 11.7 Å². The topological polar surface area (TPSA) is 148 Å². The number of halogens is 4. The van der Waals surface area contributed by atoms with Crippen molar-refractivity contribution < 1.29 is 55.5 Å². The fourth-order valence-electron chi connectivity index (χ4n) is 4.87. The molecular formula is C33H34F4N3O8PS. The number of phosphoric acid groups is 1. The lowest BCUT2D eigenvalue weighted by Crippen LogP contribution is -2.28. The van der Waals surface area contributed by atoms with Crippen molar-refractivity contribution in [1.29, 1.82) is 0 Å². The summed E-state index contributed by atoms with van der Waals surface area (Å²) >= 11 is 0.389. The zero-order valence-corrected chi connectivity index (χ0v) is 28.5. The first-order chi connectivity index (χ1) is 23.8. The Kier molecular flexibility index (Phi) is 13.6. The lowest BCUT2D eigenvalue weighted by Gasteiger charge is -2.22. The van der Waals surface area contributed by atoms with Crippen molar-refractivity contribution in [1.82, 2.24) is 9.97 Å². The van der Waals surface area contributed by atoms with Crippen LogP contribution in [0.15, 0.2) is 67.0 Å². The highest BCUT2D eigenvalue weighted by atomic mass is 32.1.